The Morgan fingerprint density at radius 1 is 1.23 bits per heavy atom. The van der Waals surface area contributed by atoms with Gasteiger partial charge in [-0.15, -0.1) is 0 Å². The van der Waals surface area contributed by atoms with Crippen LogP contribution in [-0.4, -0.2) is 39.4 Å². The lowest BCUT2D eigenvalue weighted by molar-refractivity contribution is -0.129. The Hall–Kier alpha value is -2.66. The first-order valence-corrected chi connectivity index (χ1v) is 8.89. The van der Waals surface area contributed by atoms with Crippen LogP contribution in [0.15, 0.2) is 61.2 Å². The van der Waals surface area contributed by atoms with Crippen molar-refractivity contribution in [3.8, 4) is 0 Å². The Kier molecular flexibility index (Phi) is 6.02. The normalized spacial score (nSPS) is 11.9. The van der Waals surface area contributed by atoms with Crippen molar-refractivity contribution in [3.63, 3.8) is 0 Å². The second-order valence-electron chi connectivity index (χ2n) is 6.22. The van der Waals surface area contributed by atoms with Crippen LogP contribution in [0.5, 0.6) is 0 Å². The number of imidazole rings is 1. The minimum absolute atomic E-state index is 0.0603. The molecule has 1 N–H and O–H groups in total. The first-order chi connectivity index (χ1) is 12.6. The number of nitrogens with one attached hydrogen (secondary N) is 1. The van der Waals surface area contributed by atoms with E-state index in [9.17, 15) is 4.79 Å². The fraction of sp³-hybridized carbons (Fsp3) is 0.250. The average Bonchev–Trinajstić information content (AvgIpc) is 3.17. The van der Waals surface area contributed by atoms with Gasteiger partial charge < -0.3 is 9.88 Å². The fourth-order valence-corrected chi connectivity index (χ4v) is 3.02. The van der Waals surface area contributed by atoms with Crippen molar-refractivity contribution >= 4 is 17.5 Å². The zero-order valence-electron chi connectivity index (χ0n) is 14.6. The number of halogens is 1. The highest BCUT2D eigenvalue weighted by atomic mass is 35.5. The molecule has 1 amide bonds. The van der Waals surface area contributed by atoms with Gasteiger partial charge in [0.15, 0.2) is 0 Å². The molecule has 0 aliphatic heterocycles. The van der Waals surface area contributed by atoms with Crippen molar-refractivity contribution in [2.45, 2.75) is 18.8 Å². The van der Waals surface area contributed by atoms with Crippen LogP contribution in [0.4, 0.5) is 0 Å². The summed E-state index contributed by atoms with van der Waals surface area (Å²) >= 11 is 6.02. The van der Waals surface area contributed by atoms with E-state index in [4.69, 9.17) is 11.6 Å². The molecule has 3 rings (SSSR count). The highest BCUT2D eigenvalue weighted by Crippen LogP contribution is 2.27. The average molecular weight is 369 g/mol. The molecular formula is C20H21ClN4O. The molecule has 0 saturated carbocycles. The number of H-pyrrole nitrogens is 1. The van der Waals surface area contributed by atoms with Crippen LogP contribution >= 0.6 is 11.6 Å². The van der Waals surface area contributed by atoms with Gasteiger partial charge in [0.1, 0.15) is 0 Å². The van der Waals surface area contributed by atoms with E-state index in [-0.39, 0.29) is 11.8 Å². The maximum Gasteiger partial charge on any atom is 0.228 e. The maximum absolute atomic E-state index is 12.4. The summed E-state index contributed by atoms with van der Waals surface area (Å²) in [5.74, 6) is 0.168. The molecule has 1 unspecified atom stereocenters. The monoisotopic (exact) mass is 368 g/mol. The predicted octanol–water partition coefficient (Wildman–Crippen LogP) is 3.68. The van der Waals surface area contributed by atoms with Crippen molar-refractivity contribution < 1.29 is 4.79 Å². The lowest BCUT2D eigenvalue weighted by atomic mass is 9.92. The molecule has 1 aromatic carbocycles. The largest absolute Gasteiger partial charge is 0.348 e. The Morgan fingerprint density at radius 2 is 2.04 bits per heavy atom. The maximum atomic E-state index is 12.4. The van der Waals surface area contributed by atoms with Gasteiger partial charge in [-0.25, -0.2) is 4.98 Å². The SMILES string of the molecule is CN(CCC(c1ccc(Cl)cc1)c1ccccn1)C(=O)Cc1cnc[nH]1. The van der Waals surface area contributed by atoms with E-state index in [0.717, 1.165) is 23.4 Å². The summed E-state index contributed by atoms with van der Waals surface area (Å²) in [5.41, 5.74) is 2.95. The molecule has 0 bridgehead atoms. The zero-order valence-corrected chi connectivity index (χ0v) is 15.4. The van der Waals surface area contributed by atoms with Gasteiger partial charge in [-0.2, -0.15) is 0 Å². The van der Waals surface area contributed by atoms with E-state index in [2.05, 4.69) is 15.0 Å². The molecule has 6 heteroatoms. The van der Waals surface area contributed by atoms with Crippen LogP contribution in [0.25, 0.3) is 0 Å². The van der Waals surface area contributed by atoms with Crippen LogP contribution in [0, 0.1) is 0 Å². The van der Waals surface area contributed by atoms with Gasteiger partial charge in [-0.3, -0.25) is 9.78 Å². The first kappa shape index (κ1) is 18.1. The van der Waals surface area contributed by atoms with Gasteiger partial charge in [0, 0.05) is 48.3 Å². The molecule has 2 aromatic heterocycles. The number of benzene rings is 1. The molecule has 0 spiro atoms. The third-order valence-electron chi connectivity index (χ3n) is 4.39. The number of hydrogen-bond acceptors (Lipinski definition) is 3. The standard InChI is InChI=1S/C20H21ClN4O/c1-25(20(26)12-17-13-22-14-24-17)11-9-18(19-4-2-3-10-23-19)15-5-7-16(21)8-6-15/h2-8,10,13-14,18H,9,11-12H2,1H3,(H,22,24). The van der Waals surface area contributed by atoms with Gasteiger partial charge in [0.05, 0.1) is 12.7 Å². The van der Waals surface area contributed by atoms with Crippen molar-refractivity contribution in [1.82, 2.24) is 19.9 Å². The molecule has 0 aliphatic carbocycles. The fourth-order valence-electron chi connectivity index (χ4n) is 2.89. The molecule has 1 atom stereocenters. The van der Waals surface area contributed by atoms with Gasteiger partial charge in [0.25, 0.3) is 0 Å². The predicted molar refractivity (Wildman–Crippen MR) is 102 cm³/mol. The number of rotatable bonds is 7. The molecule has 134 valence electrons. The number of amides is 1. The molecule has 0 fully saturated rings. The van der Waals surface area contributed by atoms with Crippen LogP contribution in [0.2, 0.25) is 5.02 Å². The molecule has 0 saturated heterocycles. The number of aromatic amines is 1. The Labute approximate surface area is 158 Å². The van der Waals surface area contributed by atoms with Crippen molar-refractivity contribution in [2.75, 3.05) is 13.6 Å². The van der Waals surface area contributed by atoms with E-state index in [1.165, 1.54) is 0 Å². The topological polar surface area (TPSA) is 61.9 Å². The lowest BCUT2D eigenvalue weighted by Crippen LogP contribution is -2.30. The van der Waals surface area contributed by atoms with Crippen LogP contribution in [-0.2, 0) is 11.2 Å². The number of aromatic nitrogens is 3. The molecule has 0 aliphatic rings. The summed E-state index contributed by atoms with van der Waals surface area (Å²) in [6, 6.07) is 13.7. The third-order valence-corrected chi connectivity index (χ3v) is 4.64. The number of likely N-dealkylation sites (N-methyl/N-ethyl adjacent to an activating group) is 1. The second-order valence-corrected chi connectivity index (χ2v) is 6.65. The summed E-state index contributed by atoms with van der Waals surface area (Å²) in [6.45, 7) is 0.636. The van der Waals surface area contributed by atoms with Gasteiger partial charge in [0.2, 0.25) is 5.91 Å². The molecule has 3 aromatic rings. The zero-order chi connectivity index (χ0) is 18.4. The summed E-state index contributed by atoms with van der Waals surface area (Å²) < 4.78 is 0. The molecule has 26 heavy (non-hydrogen) atoms. The lowest BCUT2D eigenvalue weighted by Gasteiger charge is -2.22. The number of pyridine rings is 1. The van der Waals surface area contributed by atoms with Crippen LogP contribution < -0.4 is 0 Å². The van der Waals surface area contributed by atoms with Gasteiger partial charge in [-0.1, -0.05) is 29.8 Å². The van der Waals surface area contributed by atoms with E-state index in [1.54, 1.807) is 23.6 Å². The Morgan fingerprint density at radius 3 is 2.69 bits per heavy atom. The minimum Gasteiger partial charge on any atom is -0.348 e. The second kappa shape index (κ2) is 8.63. The smallest absolute Gasteiger partial charge is 0.228 e. The number of carbonyl (C=O) groups excluding carboxylic acids is 1. The summed E-state index contributed by atoms with van der Waals surface area (Å²) in [5, 5.41) is 0.709. The molecule has 2 heterocycles. The minimum atomic E-state index is 0.0603. The van der Waals surface area contributed by atoms with Crippen molar-refractivity contribution in [2.24, 2.45) is 0 Å². The molecule has 5 nitrogen and oxygen atoms in total. The third kappa shape index (κ3) is 4.70. The number of nitrogens with zero attached hydrogens (tertiary/aromatic N) is 3. The summed E-state index contributed by atoms with van der Waals surface area (Å²) in [4.78, 5) is 25.6. The Balaban J connectivity index is 1.69. The summed E-state index contributed by atoms with van der Waals surface area (Å²) in [6.07, 6.45) is 6.16. The summed E-state index contributed by atoms with van der Waals surface area (Å²) in [7, 11) is 1.83. The van der Waals surface area contributed by atoms with E-state index < -0.39 is 0 Å². The highest BCUT2D eigenvalue weighted by Gasteiger charge is 2.18. The number of carbonyl (C=O) groups is 1. The van der Waals surface area contributed by atoms with E-state index in [0.29, 0.717) is 18.0 Å². The van der Waals surface area contributed by atoms with Crippen molar-refractivity contribution in [1.29, 1.82) is 0 Å². The van der Waals surface area contributed by atoms with Gasteiger partial charge in [-0.05, 0) is 36.2 Å². The molecular weight excluding hydrogens is 348 g/mol. The van der Waals surface area contributed by atoms with Crippen molar-refractivity contribution in [3.05, 3.63) is 83.2 Å². The first-order valence-electron chi connectivity index (χ1n) is 8.51. The Bertz CT molecular complexity index is 819. The van der Waals surface area contributed by atoms with E-state index in [1.807, 2.05) is 49.5 Å². The van der Waals surface area contributed by atoms with Crippen LogP contribution in [0.3, 0.4) is 0 Å². The van der Waals surface area contributed by atoms with Gasteiger partial charge >= 0.3 is 0 Å². The van der Waals surface area contributed by atoms with E-state index >= 15 is 0 Å². The van der Waals surface area contributed by atoms with Crippen LogP contribution in [0.1, 0.15) is 29.3 Å². The quantitative estimate of drug-likeness (QED) is 0.692. The molecule has 0 radical (unpaired) electrons. The highest BCUT2D eigenvalue weighted by molar-refractivity contribution is 6.30. The number of hydrogen-bond donors (Lipinski definition) is 1.